The highest BCUT2D eigenvalue weighted by molar-refractivity contribution is 5.45. The smallest absolute Gasteiger partial charge is 0.146 e. The van der Waals surface area contributed by atoms with Gasteiger partial charge < -0.3 is 5.32 Å². The van der Waals surface area contributed by atoms with Gasteiger partial charge in [0.1, 0.15) is 5.82 Å². The van der Waals surface area contributed by atoms with Crippen molar-refractivity contribution >= 4 is 5.69 Å². The first-order valence-corrected chi connectivity index (χ1v) is 5.61. The van der Waals surface area contributed by atoms with Crippen LogP contribution in [-0.2, 0) is 0 Å². The molecule has 1 saturated carbocycles. The Balaban J connectivity index is 2.12. The van der Waals surface area contributed by atoms with E-state index in [-0.39, 0.29) is 11.2 Å². The number of nitrogens with one attached hydrogen (secondary N) is 1. The van der Waals surface area contributed by atoms with Crippen LogP contribution in [0, 0.1) is 11.2 Å². The zero-order valence-electron chi connectivity index (χ0n) is 9.39. The molecule has 0 aromatic heterocycles. The summed E-state index contributed by atoms with van der Waals surface area (Å²) in [6.07, 6.45) is 3.60. The molecule has 0 bridgehead atoms. The van der Waals surface area contributed by atoms with Crippen molar-refractivity contribution in [2.24, 2.45) is 5.41 Å². The predicted octanol–water partition coefficient (Wildman–Crippen LogP) is 3.82. The van der Waals surface area contributed by atoms with Crippen molar-refractivity contribution in [3.63, 3.8) is 0 Å². The van der Waals surface area contributed by atoms with Gasteiger partial charge in [-0.25, -0.2) is 4.39 Å². The van der Waals surface area contributed by atoms with Crippen LogP contribution < -0.4 is 5.32 Å². The van der Waals surface area contributed by atoms with E-state index in [2.05, 4.69) is 19.2 Å². The fourth-order valence-corrected chi connectivity index (χ4v) is 2.36. The largest absolute Gasteiger partial charge is 0.379 e. The number of anilines is 1. The molecule has 1 aromatic carbocycles. The standard InChI is InChI=1S/C13H18FN/c1-13(2)9-5-8-12(13)15-11-7-4-3-6-10(11)14/h3-4,6-7,12,15H,5,8-9H2,1-2H3. The molecular formula is C13H18FN. The Labute approximate surface area is 90.7 Å². The summed E-state index contributed by atoms with van der Waals surface area (Å²) < 4.78 is 13.4. The van der Waals surface area contributed by atoms with Gasteiger partial charge in [-0.05, 0) is 30.4 Å². The maximum absolute atomic E-state index is 13.4. The Morgan fingerprint density at radius 3 is 2.67 bits per heavy atom. The molecule has 2 heteroatoms. The Morgan fingerprint density at radius 2 is 2.07 bits per heavy atom. The number of rotatable bonds is 2. The fraction of sp³-hybridized carbons (Fsp3) is 0.538. The third-order valence-electron chi connectivity index (χ3n) is 3.46. The first kappa shape index (κ1) is 10.5. The minimum absolute atomic E-state index is 0.153. The molecule has 1 atom stereocenters. The average molecular weight is 207 g/mol. The molecule has 1 aromatic rings. The zero-order chi connectivity index (χ0) is 10.9. The lowest BCUT2D eigenvalue weighted by molar-refractivity contribution is 0.349. The number of halogens is 1. The Kier molecular flexibility index (Phi) is 2.68. The lowest BCUT2D eigenvalue weighted by atomic mass is 9.87. The molecule has 0 radical (unpaired) electrons. The van der Waals surface area contributed by atoms with Crippen molar-refractivity contribution in [2.75, 3.05) is 5.32 Å². The molecule has 15 heavy (non-hydrogen) atoms. The van der Waals surface area contributed by atoms with Gasteiger partial charge in [0.25, 0.3) is 0 Å². The van der Waals surface area contributed by atoms with Gasteiger partial charge >= 0.3 is 0 Å². The van der Waals surface area contributed by atoms with Crippen LogP contribution in [0.15, 0.2) is 24.3 Å². The summed E-state index contributed by atoms with van der Waals surface area (Å²) in [5.41, 5.74) is 0.917. The predicted molar refractivity (Wildman–Crippen MR) is 61.4 cm³/mol. The molecule has 1 N–H and O–H groups in total. The van der Waals surface area contributed by atoms with E-state index in [1.54, 1.807) is 6.07 Å². The molecule has 1 aliphatic carbocycles. The van der Waals surface area contributed by atoms with E-state index in [9.17, 15) is 4.39 Å². The first-order chi connectivity index (χ1) is 7.09. The molecule has 1 fully saturated rings. The summed E-state index contributed by atoms with van der Waals surface area (Å²) in [4.78, 5) is 0. The summed E-state index contributed by atoms with van der Waals surface area (Å²) in [5, 5.41) is 3.32. The first-order valence-electron chi connectivity index (χ1n) is 5.61. The van der Waals surface area contributed by atoms with Crippen molar-refractivity contribution in [1.29, 1.82) is 0 Å². The summed E-state index contributed by atoms with van der Waals surface area (Å²) in [5.74, 6) is -0.153. The van der Waals surface area contributed by atoms with E-state index >= 15 is 0 Å². The highest BCUT2D eigenvalue weighted by Crippen LogP contribution is 2.39. The lowest BCUT2D eigenvalue weighted by Gasteiger charge is -2.28. The second kappa shape index (κ2) is 3.84. The van der Waals surface area contributed by atoms with Gasteiger partial charge in [-0.15, -0.1) is 0 Å². The zero-order valence-corrected chi connectivity index (χ0v) is 9.39. The van der Waals surface area contributed by atoms with Crippen LogP contribution in [0.25, 0.3) is 0 Å². The molecule has 0 saturated heterocycles. The molecule has 0 amide bonds. The van der Waals surface area contributed by atoms with Crippen LogP contribution in [0.3, 0.4) is 0 Å². The summed E-state index contributed by atoms with van der Waals surface area (Å²) in [7, 11) is 0. The van der Waals surface area contributed by atoms with Crippen LogP contribution >= 0.6 is 0 Å². The Hall–Kier alpha value is -1.05. The summed E-state index contributed by atoms with van der Waals surface area (Å²) in [6, 6.07) is 7.30. The summed E-state index contributed by atoms with van der Waals surface area (Å²) in [6.45, 7) is 4.50. The van der Waals surface area contributed by atoms with Crippen molar-refractivity contribution in [1.82, 2.24) is 0 Å². The van der Waals surface area contributed by atoms with Crippen LogP contribution in [-0.4, -0.2) is 6.04 Å². The maximum atomic E-state index is 13.4. The second-order valence-corrected chi connectivity index (χ2v) is 5.06. The van der Waals surface area contributed by atoms with Crippen LogP contribution in [0.2, 0.25) is 0 Å². The van der Waals surface area contributed by atoms with Gasteiger partial charge in [-0.1, -0.05) is 32.4 Å². The quantitative estimate of drug-likeness (QED) is 0.777. The van der Waals surface area contributed by atoms with Gasteiger partial charge in [0.05, 0.1) is 5.69 Å². The molecular weight excluding hydrogens is 189 g/mol. The lowest BCUT2D eigenvalue weighted by Crippen LogP contribution is -2.31. The van der Waals surface area contributed by atoms with Gasteiger partial charge in [-0.3, -0.25) is 0 Å². The van der Waals surface area contributed by atoms with Gasteiger partial charge in [0.2, 0.25) is 0 Å². The molecule has 0 aliphatic heterocycles. The Morgan fingerprint density at radius 1 is 1.33 bits per heavy atom. The number of benzene rings is 1. The average Bonchev–Trinajstić information content (AvgIpc) is 2.50. The normalized spacial score (nSPS) is 24.1. The van der Waals surface area contributed by atoms with Gasteiger partial charge in [0, 0.05) is 6.04 Å². The van der Waals surface area contributed by atoms with E-state index < -0.39 is 0 Å². The third kappa shape index (κ3) is 2.14. The van der Waals surface area contributed by atoms with Gasteiger partial charge in [0.15, 0.2) is 0 Å². The number of hydrogen-bond acceptors (Lipinski definition) is 1. The van der Waals surface area contributed by atoms with Crippen molar-refractivity contribution in [3.8, 4) is 0 Å². The van der Waals surface area contributed by atoms with E-state index in [0.29, 0.717) is 11.7 Å². The molecule has 82 valence electrons. The summed E-state index contributed by atoms with van der Waals surface area (Å²) >= 11 is 0. The van der Waals surface area contributed by atoms with E-state index in [0.717, 1.165) is 6.42 Å². The van der Waals surface area contributed by atoms with Crippen molar-refractivity contribution < 1.29 is 4.39 Å². The SMILES string of the molecule is CC1(C)CCCC1Nc1ccccc1F. The molecule has 1 aliphatic rings. The topological polar surface area (TPSA) is 12.0 Å². The molecule has 2 rings (SSSR count). The fourth-order valence-electron chi connectivity index (χ4n) is 2.36. The maximum Gasteiger partial charge on any atom is 0.146 e. The monoisotopic (exact) mass is 207 g/mol. The number of para-hydroxylation sites is 1. The van der Waals surface area contributed by atoms with Crippen LogP contribution in [0.5, 0.6) is 0 Å². The van der Waals surface area contributed by atoms with E-state index in [4.69, 9.17) is 0 Å². The molecule has 0 spiro atoms. The molecule has 1 nitrogen and oxygen atoms in total. The Bertz CT molecular complexity index is 346. The van der Waals surface area contributed by atoms with Gasteiger partial charge in [-0.2, -0.15) is 0 Å². The second-order valence-electron chi connectivity index (χ2n) is 5.06. The van der Waals surface area contributed by atoms with E-state index in [1.807, 2.05) is 12.1 Å². The number of hydrogen-bond donors (Lipinski definition) is 1. The minimum atomic E-state index is -0.153. The molecule has 1 unspecified atom stereocenters. The van der Waals surface area contributed by atoms with Crippen LogP contribution in [0.4, 0.5) is 10.1 Å². The molecule has 0 heterocycles. The highest BCUT2D eigenvalue weighted by atomic mass is 19.1. The van der Waals surface area contributed by atoms with E-state index in [1.165, 1.54) is 18.9 Å². The van der Waals surface area contributed by atoms with Crippen molar-refractivity contribution in [2.45, 2.75) is 39.2 Å². The van der Waals surface area contributed by atoms with Crippen LogP contribution in [0.1, 0.15) is 33.1 Å². The van der Waals surface area contributed by atoms with Crippen molar-refractivity contribution in [3.05, 3.63) is 30.1 Å². The third-order valence-corrected chi connectivity index (χ3v) is 3.46. The minimum Gasteiger partial charge on any atom is -0.379 e. The highest BCUT2D eigenvalue weighted by Gasteiger charge is 2.34.